The monoisotopic (exact) mass is 380 g/mol. The number of rotatable bonds is 4. The number of amides is 2. The molecular formula is C17H18Cl2N4O2. The number of nitrogens with one attached hydrogen (secondary N) is 3. The smallest absolute Gasteiger partial charge is 0.276 e. The fourth-order valence-electron chi connectivity index (χ4n) is 2.91. The lowest BCUT2D eigenvalue weighted by Crippen LogP contribution is -2.37. The number of aromatic nitrogens is 2. The lowest BCUT2D eigenvalue weighted by molar-refractivity contribution is 0.0912. The Morgan fingerprint density at radius 1 is 1.08 bits per heavy atom. The predicted molar refractivity (Wildman–Crippen MR) is 97.3 cm³/mol. The van der Waals surface area contributed by atoms with Crippen molar-refractivity contribution < 1.29 is 9.59 Å². The molecule has 1 aromatic carbocycles. The van der Waals surface area contributed by atoms with Crippen LogP contribution in [-0.2, 0) is 0 Å². The summed E-state index contributed by atoms with van der Waals surface area (Å²) in [6.07, 6.45) is 6.68. The first-order valence-corrected chi connectivity index (χ1v) is 8.91. The minimum Gasteiger partial charge on any atom is -0.348 e. The van der Waals surface area contributed by atoms with Gasteiger partial charge in [0.15, 0.2) is 5.69 Å². The van der Waals surface area contributed by atoms with Crippen LogP contribution in [0.2, 0.25) is 10.0 Å². The number of benzene rings is 1. The number of aromatic amines is 1. The van der Waals surface area contributed by atoms with E-state index in [1.165, 1.54) is 18.8 Å². The molecule has 0 radical (unpaired) electrons. The van der Waals surface area contributed by atoms with Gasteiger partial charge in [0.1, 0.15) is 5.69 Å². The Labute approximate surface area is 155 Å². The largest absolute Gasteiger partial charge is 0.348 e. The van der Waals surface area contributed by atoms with Crippen LogP contribution in [-0.4, -0.2) is 27.8 Å². The number of carbonyl (C=O) groups is 2. The van der Waals surface area contributed by atoms with Crippen LogP contribution in [0, 0.1) is 0 Å². The molecular weight excluding hydrogens is 363 g/mol. The fourth-order valence-corrected chi connectivity index (χ4v) is 3.21. The summed E-state index contributed by atoms with van der Waals surface area (Å²) >= 11 is 11.8. The predicted octanol–water partition coefficient (Wildman–Crippen LogP) is 4.03. The third-order valence-electron chi connectivity index (χ3n) is 4.20. The van der Waals surface area contributed by atoms with Gasteiger partial charge < -0.3 is 15.6 Å². The molecule has 0 saturated heterocycles. The quantitative estimate of drug-likeness (QED) is 0.747. The first-order chi connectivity index (χ1) is 12.0. The molecule has 1 aliphatic carbocycles. The van der Waals surface area contributed by atoms with Gasteiger partial charge in [-0.3, -0.25) is 9.59 Å². The van der Waals surface area contributed by atoms with Crippen molar-refractivity contribution in [3.63, 3.8) is 0 Å². The van der Waals surface area contributed by atoms with Crippen molar-refractivity contribution in [1.29, 1.82) is 0 Å². The molecule has 0 atom stereocenters. The highest BCUT2D eigenvalue weighted by Gasteiger charge is 2.23. The summed E-state index contributed by atoms with van der Waals surface area (Å²) in [6.45, 7) is 0. The first-order valence-electron chi connectivity index (χ1n) is 8.15. The Hall–Kier alpha value is -2.05. The molecule has 25 heavy (non-hydrogen) atoms. The molecule has 0 spiro atoms. The number of H-pyrrole nitrogens is 1. The molecule has 1 aromatic heterocycles. The van der Waals surface area contributed by atoms with Crippen LogP contribution in [0.4, 0.5) is 5.69 Å². The number of hydrogen-bond acceptors (Lipinski definition) is 3. The molecule has 3 rings (SSSR count). The number of halogens is 2. The minimum absolute atomic E-state index is 0.0411. The van der Waals surface area contributed by atoms with E-state index in [1.54, 1.807) is 12.1 Å². The van der Waals surface area contributed by atoms with Gasteiger partial charge in [0.2, 0.25) is 0 Å². The van der Waals surface area contributed by atoms with Crippen molar-refractivity contribution in [2.24, 2.45) is 0 Å². The van der Waals surface area contributed by atoms with Crippen molar-refractivity contribution in [3.8, 4) is 0 Å². The second-order valence-electron chi connectivity index (χ2n) is 6.02. The maximum Gasteiger partial charge on any atom is 0.276 e. The molecule has 1 fully saturated rings. The Morgan fingerprint density at radius 3 is 2.56 bits per heavy atom. The third kappa shape index (κ3) is 4.32. The van der Waals surface area contributed by atoms with Gasteiger partial charge in [-0.15, -0.1) is 0 Å². The van der Waals surface area contributed by atoms with Crippen LogP contribution in [0.3, 0.4) is 0 Å². The Kier molecular flexibility index (Phi) is 5.60. The molecule has 6 nitrogen and oxygen atoms in total. The second-order valence-corrected chi connectivity index (χ2v) is 6.83. The van der Waals surface area contributed by atoms with Crippen LogP contribution in [0.25, 0.3) is 0 Å². The molecule has 2 amide bonds. The van der Waals surface area contributed by atoms with Crippen LogP contribution < -0.4 is 10.6 Å². The maximum atomic E-state index is 12.4. The van der Waals surface area contributed by atoms with Crippen molar-refractivity contribution >= 4 is 40.7 Å². The normalized spacial score (nSPS) is 15.0. The van der Waals surface area contributed by atoms with Crippen LogP contribution in [0.15, 0.2) is 24.5 Å². The topological polar surface area (TPSA) is 86.9 Å². The Morgan fingerprint density at radius 2 is 1.84 bits per heavy atom. The van der Waals surface area contributed by atoms with E-state index in [0.717, 1.165) is 25.7 Å². The zero-order valence-electron chi connectivity index (χ0n) is 13.4. The van der Waals surface area contributed by atoms with Crippen molar-refractivity contribution in [1.82, 2.24) is 15.3 Å². The average molecular weight is 381 g/mol. The van der Waals surface area contributed by atoms with E-state index in [9.17, 15) is 9.59 Å². The van der Waals surface area contributed by atoms with Gasteiger partial charge in [-0.1, -0.05) is 42.5 Å². The molecule has 0 aliphatic heterocycles. The van der Waals surface area contributed by atoms with Crippen molar-refractivity contribution in [3.05, 3.63) is 46.0 Å². The van der Waals surface area contributed by atoms with Crippen LogP contribution in [0.5, 0.6) is 0 Å². The Bertz CT molecular complexity index is 785. The lowest BCUT2D eigenvalue weighted by atomic mass is 9.95. The van der Waals surface area contributed by atoms with Gasteiger partial charge >= 0.3 is 0 Å². The average Bonchev–Trinajstić information content (AvgIpc) is 3.09. The summed E-state index contributed by atoms with van der Waals surface area (Å²) in [5, 5.41) is 6.36. The van der Waals surface area contributed by atoms with E-state index in [1.807, 2.05) is 0 Å². The zero-order chi connectivity index (χ0) is 17.8. The minimum atomic E-state index is -0.492. The van der Waals surface area contributed by atoms with E-state index in [2.05, 4.69) is 20.6 Å². The zero-order valence-corrected chi connectivity index (χ0v) is 15.0. The molecule has 0 unspecified atom stereocenters. The molecule has 2 aromatic rings. The second kappa shape index (κ2) is 7.89. The molecule has 0 bridgehead atoms. The number of nitrogens with zero attached hydrogens (tertiary/aromatic N) is 1. The number of imidazole rings is 1. The highest BCUT2D eigenvalue weighted by Crippen LogP contribution is 2.25. The van der Waals surface area contributed by atoms with Gasteiger partial charge in [0.05, 0.1) is 16.4 Å². The number of hydrogen-bond donors (Lipinski definition) is 3. The molecule has 3 N–H and O–H groups in total. The maximum absolute atomic E-state index is 12.4. The van der Waals surface area contributed by atoms with Crippen LogP contribution in [0.1, 0.15) is 53.1 Å². The fraction of sp³-hybridized carbons (Fsp3) is 0.353. The Balaban J connectivity index is 1.70. The van der Waals surface area contributed by atoms with Gasteiger partial charge in [0.25, 0.3) is 11.8 Å². The first kappa shape index (κ1) is 17.8. The highest BCUT2D eigenvalue weighted by molar-refractivity contribution is 6.42. The molecule has 1 saturated carbocycles. The van der Waals surface area contributed by atoms with Gasteiger partial charge in [-0.2, -0.15) is 0 Å². The lowest BCUT2D eigenvalue weighted by Gasteiger charge is -2.22. The van der Waals surface area contributed by atoms with Gasteiger partial charge in [0, 0.05) is 11.7 Å². The van der Waals surface area contributed by atoms with Crippen molar-refractivity contribution in [2.75, 3.05) is 5.32 Å². The SMILES string of the molecule is O=C(Nc1ccc(Cl)c(Cl)c1)c1nc[nH]c1C(=O)NC1CCCCC1. The summed E-state index contributed by atoms with van der Waals surface area (Å²) < 4.78 is 0. The number of anilines is 1. The third-order valence-corrected chi connectivity index (χ3v) is 4.94. The van der Waals surface area contributed by atoms with E-state index in [0.29, 0.717) is 15.7 Å². The summed E-state index contributed by atoms with van der Waals surface area (Å²) in [4.78, 5) is 31.6. The summed E-state index contributed by atoms with van der Waals surface area (Å²) in [5.74, 6) is -0.808. The molecule has 1 heterocycles. The molecule has 1 aliphatic rings. The van der Waals surface area contributed by atoms with E-state index < -0.39 is 5.91 Å². The van der Waals surface area contributed by atoms with Gasteiger partial charge in [-0.25, -0.2) is 4.98 Å². The summed E-state index contributed by atoms with van der Waals surface area (Å²) in [5.41, 5.74) is 0.670. The molecule has 8 heteroatoms. The summed E-state index contributed by atoms with van der Waals surface area (Å²) in [6, 6.07) is 4.90. The molecule has 132 valence electrons. The van der Waals surface area contributed by atoms with Crippen molar-refractivity contribution in [2.45, 2.75) is 38.1 Å². The number of carbonyl (C=O) groups excluding carboxylic acids is 2. The standard InChI is InChI=1S/C17H18Cl2N4O2/c18-12-7-6-11(8-13(12)19)23-17(25)15-14(20-9-21-15)16(24)22-10-4-2-1-3-5-10/h6-10H,1-5H2,(H,20,21)(H,22,24)(H,23,25). The van der Waals surface area contributed by atoms with Crippen LogP contribution >= 0.6 is 23.2 Å². The van der Waals surface area contributed by atoms with E-state index in [4.69, 9.17) is 23.2 Å². The van der Waals surface area contributed by atoms with E-state index >= 15 is 0 Å². The summed E-state index contributed by atoms with van der Waals surface area (Å²) in [7, 11) is 0. The van der Waals surface area contributed by atoms with E-state index in [-0.39, 0.29) is 23.3 Å². The van der Waals surface area contributed by atoms with Gasteiger partial charge in [-0.05, 0) is 31.0 Å². The highest BCUT2D eigenvalue weighted by atomic mass is 35.5.